The van der Waals surface area contributed by atoms with Gasteiger partial charge in [0, 0.05) is 32.5 Å². The summed E-state index contributed by atoms with van der Waals surface area (Å²) in [6, 6.07) is 7.40. The highest BCUT2D eigenvalue weighted by Crippen LogP contribution is 2.26. The van der Waals surface area contributed by atoms with Gasteiger partial charge in [-0.1, -0.05) is 19.1 Å². The molecule has 2 heterocycles. The van der Waals surface area contributed by atoms with Crippen LogP contribution in [0, 0.1) is 0 Å². The number of halogens is 1. The molecule has 1 aliphatic rings. The molecule has 7 nitrogen and oxygen atoms in total. The minimum atomic E-state index is -2.37. The maximum Gasteiger partial charge on any atom is 0.343 e. The standard InChI is InChI=1S/C18H22FN3O4/c1-2-9-21-13-5-3-4-6-14(13)22(17(21)26)10-7-15(23)20-11-8-18(19,12-20)16(24)25/h3-6H,2,7-12H2,1H3,(H,24,25). The van der Waals surface area contributed by atoms with Gasteiger partial charge in [-0.25, -0.2) is 14.0 Å². The number of benzene rings is 1. The number of carbonyl (C=O) groups excluding carboxylic acids is 1. The van der Waals surface area contributed by atoms with E-state index in [0.717, 1.165) is 17.5 Å². The van der Waals surface area contributed by atoms with E-state index >= 15 is 0 Å². The molecule has 0 bridgehead atoms. The van der Waals surface area contributed by atoms with Crippen molar-refractivity contribution < 1.29 is 19.1 Å². The van der Waals surface area contributed by atoms with Gasteiger partial charge in [-0.05, 0) is 18.6 Å². The number of fused-ring (bicyclic) bond motifs is 1. The Kier molecular flexibility index (Phi) is 4.84. The maximum atomic E-state index is 14.1. The fourth-order valence-corrected chi connectivity index (χ4v) is 3.45. The monoisotopic (exact) mass is 363 g/mol. The third-order valence-corrected chi connectivity index (χ3v) is 4.88. The Balaban J connectivity index is 1.76. The van der Waals surface area contributed by atoms with Gasteiger partial charge in [-0.2, -0.15) is 0 Å². The molecular formula is C18H22FN3O4. The Labute approximate surface area is 149 Å². The molecule has 140 valence electrons. The Hall–Kier alpha value is -2.64. The lowest BCUT2D eigenvalue weighted by atomic mass is 10.1. The second-order valence-electron chi connectivity index (χ2n) is 6.66. The number of aromatic nitrogens is 2. The normalized spacial score (nSPS) is 20.0. The van der Waals surface area contributed by atoms with Crippen molar-refractivity contribution in [3.05, 3.63) is 34.7 Å². The van der Waals surface area contributed by atoms with Gasteiger partial charge in [-0.3, -0.25) is 13.9 Å². The number of rotatable bonds is 6. The second-order valence-corrected chi connectivity index (χ2v) is 6.66. The Morgan fingerprint density at radius 1 is 1.19 bits per heavy atom. The van der Waals surface area contributed by atoms with Gasteiger partial charge >= 0.3 is 11.7 Å². The SMILES string of the molecule is CCCn1c(=O)n(CCC(=O)N2CCC(F)(C(=O)O)C2)c2ccccc21. The van der Waals surface area contributed by atoms with Crippen LogP contribution in [0.5, 0.6) is 0 Å². The van der Waals surface area contributed by atoms with E-state index in [1.54, 1.807) is 9.13 Å². The number of carbonyl (C=O) groups is 2. The van der Waals surface area contributed by atoms with Crippen LogP contribution in [-0.4, -0.2) is 49.8 Å². The number of amides is 1. The molecule has 1 atom stereocenters. The third-order valence-electron chi connectivity index (χ3n) is 4.88. The van der Waals surface area contributed by atoms with Crippen molar-refractivity contribution in [2.45, 2.75) is 44.9 Å². The zero-order valence-electron chi connectivity index (χ0n) is 14.7. The number of para-hydroxylation sites is 2. The molecule has 3 rings (SSSR count). The molecule has 1 unspecified atom stereocenters. The molecule has 0 saturated carbocycles. The van der Waals surface area contributed by atoms with Crippen LogP contribution in [0.15, 0.2) is 29.1 Å². The maximum absolute atomic E-state index is 14.1. The van der Waals surface area contributed by atoms with Gasteiger partial charge in [0.1, 0.15) is 0 Å². The summed E-state index contributed by atoms with van der Waals surface area (Å²) in [6.07, 6.45) is 0.633. The van der Waals surface area contributed by atoms with Crippen molar-refractivity contribution in [3.63, 3.8) is 0 Å². The molecule has 1 aliphatic heterocycles. The lowest BCUT2D eigenvalue weighted by molar-refractivity contribution is -0.150. The molecule has 0 radical (unpaired) electrons. The van der Waals surface area contributed by atoms with Crippen LogP contribution in [-0.2, 0) is 22.7 Å². The van der Waals surface area contributed by atoms with E-state index in [1.807, 2.05) is 31.2 Å². The molecule has 1 aromatic heterocycles. The largest absolute Gasteiger partial charge is 0.479 e. The molecule has 1 N–H and O–H groups in total. The first-order chi connectivity index (χ1) is 12.4. The summed E-state index contributed by atoms with van der Waals surface area (Å²) in [6.45, 7) is 2.40. The fourth-order valence-electron chi connectivity index (χ4n) is 3.45. The number of carboxylic acids is 1. The van der Waals surface area contributed by atoms with Crippen LogP contribution >= 0.6 is 0 Å². The van der Waals surface area contributed by atoms with Gasteiger partial charge in [0.15, 0.2) is 0 Å². The van der Waals surface area contributed by atoms with Gasteiger partial charge in [0.25, 0.3) is 0 Å². The molecule has 26 heavy (non-hydrogen) atoms. The van der Waals surface area contributed by atoms with E-state index in [-0.39, 0.29) is 37.5 Å². The van der Waals surface area contributed by atoms with Crippen LogP contribution in [0.25, 0.3) is 11.0 Å². The van der Waals surface area contributed by atoms with Crippen molar-refractivity contribution in [1.29, 1.82) is 0 Å². The molecule has 1 amide bonds. The second kappa shape index (κ2) is 6.93. The highest BCUT2D eigenvalue weighted by Gasteiger charge is 2.46. The van der Waals surface area contributed by atoms with Crippen molar-refractivity contribution in [2.75, 3.05) is 13.1 Å². The summed E-state index contributed by atoms with van der Waals surface area (Å²) in [5, 5.41) is 8.93. The van der Waals surface area contributed by atoms with Crippen molar-refractivity contribution in [2.24, 2.45) is 0 Å². The summed E-state index contributed by atoms with van der Waals surface area (Å²) in [5.74, 6) is -1.88. The number of likely N-dealkylation sites (tertiary alicyclic amines) is 1. The molecule has 1 aromatic carbocycles. The van der Waals surface area contributed by atoms with Crippen LogP contribution in [0.2, 0.25) is 0 Å². The predicted molar refractivity (Wildman–Crippen MR) is 93.8 cm³/mol. The molecule has 0 spiro atoms. The first-order valence-electron chi connectivity index (χ1n) is 8.75. The number of hydrogen-bond acceptors (Lipinski definition) is 3. The number of aliphatic carboxylic acids is 1. The van der Waals surface area contributed by atoms with Crippen LogP contribution in [0.1, 0.15) is 26.2 Å². The quantitative estimate of drug-likeness (QED) is 0.845. The molecular weight excluding hydrogens is 341 g/mol. The van der Waals surface area contributed by atoms with E-state index < -0.39 is 18.2 Å². The van der Waals surface area contributed by atoms with Gasteiger partial charge in [-0.15, -0.1) is 0 Å². The highest BCUT2D eigenvalue weighted by molar-refractivity contribution is 5.82. The third kappa shape index (κ3) is 3.11. The minimum Gasteiger partial charge on any atom is -0.479 e. The Morgan fingerprint density at radius 3 is 2.35 bits per heavy atom. The molecule has 1 fully saturated rings. The highest BCUT2D eigenvalue weighted by atomic mass is 19.1. The van der Waals surface area contributed by atoms with E-state index in [4.69, 9.17) is 5.11 Å². The average Bonchev–Trinajstić information content (AvgIpc) is 3.14. The fraction of sp³-hybridized carbons (Fsp3) is 0.500. The lowest BCUT2D eigenvalue weighted by Gasteiger charge is -2.17. The van der Waals surface area contributed by atoms with Crippen molar-refractivity contribution >= 4 is 22.9 Å². The van der Waals surface area contributed by atoms with Gasteiger partial charge in [0.05, 0.1) is 17.6 Å². The summed E-state index contributed by atoms with van der Waals surface area (Å²) in [4.78, 5) is 37.2. The van der Waals surface area contributed by atoms with E-state index in [9.17, 15) is 18.8 Å². The number of aryl methyl sites for hydroxylation is 2. The van der Waals surface area contributed by atoms with Gasteiger partial charge < -0.3 is 10.0 Å². The van der Waals surface area contributed by atoms with Crippen LogP contribution in [0.3, 0.4) is 0 Å². The molecule has 1 saturated heterocycles. The van der Waals surface area contributed by atoms with Crippen LogP contribution < -0.4 is 5.69 Å². The zero-order chi connectivity index (χ0) is 18.9. The smallest absolute Gasteiger partial charge is 0.343 e. The molecule has 2 aromatic rings. The minimum absolute atomic E-state index is 0.0235. The zero-order valence-corrected chi connectivity index (χ0v) is 14.7. The molecule has 0 aliphatic carbocycles. The Bertz CT molecular complexity index is 903. The lowest BCUT2D eigenvalue weighted by Crippen LogP contribution is -2.39. The number of hydrogen-bond donors (Lipinski definition) is 1. The number of alkyl halides is 1. The first-order valence-corrected chi connectivity index (χ1v) is 8.75. The number of imidazole rings is 1. The number of carboxylic acid groups (broad SMARTS) is 1. The van der Waals surface area contributed by atoms with E-state index in [1.165, 1.54) is 4.90 Å². The van der Waals surface area contributed by atoms with E-state index in [0.29, 0.717) is 6.54 Å². The van der Waals surface area contributed by atoms with Crippen molar-refractivity contribution in [3.8, 4) is 0 Å². The average molecular weight is 363 g/mol. The van der Waals surface area contributed by atoms with Crippen LogP contribution in [0.4, 0.5) is 4.39 Å². The summed E-state index contributed by atoms with van der Waals surface area (Å²) in [7, 11) is 0. The van der Waals surface area contributed by atoms with Gasteiger partial charge in [0.2, 0.25) is 11.6 Å². The summed E-state index contributed by atoms with van der Waals surface area (Å²) >= 11 is 0. The molecule has 8 heteroatoms. The topological polar surface area (TPSA) is 84.5 Å². The number of nitrogens with zero attached hydrogens (tertiary/aromatic N) is 3. The Morgan fingerprint density at radius 2 is 1.81 bits per heavy atom. The van der Waals surface area contributed by atoms with Crippen molar-refractivity contribution in [1.82, 2.24) is 14.0 Å². The van der Waals surface area contributed by atoms with E-state index in [2.05, 4.69) is 0 Å². The first kappa shape index (κ1) is 18.2. The predicted octanol–water partition coefficient (Wildman–Crippen LogP) is 1.63. The summed E-state index contributed by atoms with van der Waals surface area (Å²) < 4.78 is 17.4. The summed E-state index contributed by atoms with van der Waals surface area (Å²) in [5.41, 5.74) is -0.969.